The van der Waals surface area contributed by atoms with E-state index in [0.717, 1.165) is 5.56 Å². The van der Waals surface area contributed by atoms with Crippen LogP contribution in [-0.2, 0) is 18.9 Å². The SMILES string of the molecule is CO[C@@H]1[C@H]2OC(C)(C)O[C@H]2O[C@@H]1c1ccc(O)c2ccc(F)cc12. The number of phenols is 1. The van der Waals surface area contributed by atoms with Crippen LogP contribution in [0.15, 0.2) is 30.3 Å². The van der Waals surface area contributed by atoms with Crippen molar-refractivity contribution in [2.45, 2.75) is 44.2 Å². The molecule has 0 aromatic heterocycles. The Morgan fingerprint density at radius 1 is 1.12 bits per heavy atom. The zero-order chi connectivity index (χ0) is 17.1. The van der Waals surface area contributed by atoms with Crippen LogP contribution in [0.1, 0.15) is 25.5 Å². The zero-order valence-corrected chi connectivity index (χ0v) is 13.7. The summed E-state index contributed by atoms with van der Waals surface area (Å²) in [5.74, 6) is -1.02. The standard InChI is InChI=1S/C18H19FO5/c1-18(2)23-16-15(21-3)14(22-17(16)24-18)11-6-7-13(20)10-5-4-9(19)8-12(10)11/h4-8,14-17,20H,1-3H3/t14-,15+,16-,17-/m1/s1. The van der Waals surface area contributed by atoms with Gasteiger partial charge in [-0.15, -0.1) is 0 Å². The molecule has 0 saturated carbocycles. The van der Waals surface area contributed by atoms with E-state index in [2.05, 4.69) is 0 Å². The number of rotatable bonds is 2. The molecule has 2 aromatic carbocycles. The number of methoxy groups -OCH3 is 1. The second-order valence-corrected chi connectivity index (χ2v) is 6.59. The van der Waals surface area contributed by atoms with Crippen molar-refractivity contribution in [1.82, 2.24) is 0 Å². The third-order valence-corrected chi connectivity index (χ3v) is 4.56. The van der Waals surface area contributed by atoms with Crippen LogP contribution in [0.3, 0.4) is 0 Å². The van der Waals surface area contributed by atoms with E-state index in [9.17, 15) is 9.50 Å². The number of aromatic hydroxyl groups is 1. The summed E-state index contributed by atoms with van der Waals surface area (Å²) in [4.78, 5) is 0. The molecular weight excluding hydrogens is 315 g/mol. The summed E-state index contributed by atoms with van der Waals surface area (Å²) in [6.07, 6.45) is -1.79. The maximum atomic E-state index is 13.7. The molecule has 2 aliphatic heterocycles. The summed E-state index contributed by atoms with van der Waals surface area (Å²) < 4.78 is 37.0. The number of fused-ring (bicyclic) bond motifs is 2. The van der Waals surface area contributed by atoms with Crippen molar-refractivity contribution in [2.75, 3.05) is 7.11 Å². The fourth-order valence-electron chi connectivity index (χ4n) is 3.56. The summed E-state index contributed by atoms with van der Waals surface area (Å²) >= 11 is 0. The molecule has 0 bridgehead atoms. The molecular formula is C18H19FO5. The molecule has 128 valence electrons. The zero-order valence-electron chi connectivity index (χ0n) is 13.7. The van der Waals surface area contributed by atoms with E-state index in [-0.39, 0.29) is 17.7 Å². The Kier molecular flexibility index (Phi) is 3.54. The van der Waals surface area contributed by atoms with Crippen LogP contribution in [0.25, 0.3) is 10.8 Å². The van der Waals surface area contributed by atoms with Crippen molar-refractivity contribution in [2.24, 2.45) is 0 Å². The van der Waals surface area contributed by atoms with Gasteiger partial charge in [0.25, 0.3) is 0 Å². The maximum absolute atomic E-state index is 13.7. The van der Waals surface area contributed by atoms with Gasteiger partial charge in [0.05, 0.1) is 0 Å². The summed E-state index contributed by atoms with van der Waals surface area (Å²) in [5, 5.41) is 11.2. The molecule has 2 aromatic rings. The van der Waals surface area contributed by atoms with E-state index in [4.69, 9.17) is 18.9 Å². The molecule has 2 heterocycles. The monoisotopic (exact) mass is 334 g/mol. The van der Waals surface area contributed by atoms with Crippen LogP contribution < -0.4 is 0 Å². The minimum atomic E-state index is -0.736. The molecule has 0 unspecified atom stereocenters. The largest absolute Gasteiger partial charge is 0.507 e. The van der Waals surface area contributed by atoms with Gasteiger partial charge in [-0.3, -0.25) is 0 Å². The molecule has 4 atom stereocenters. The fourth-order valence-corrected chi connectivity index (χ4v) is 3.56. The Hall–Kier alpha value is -1.73. The van der Waals surface area contributed by atoms with Crippen LogP contribution >= 0.6 is 0 Å². The third kappa shape index (κ3) is 2.38. The smallest absolute Gasteiger partial charge is 0.190 e. The first-order valence-electron chi connectivity index (χ1n) is 7.84. The molecule has 0 spiro atoms. The average molecular weight is 334 g/mol. The lowest BCUT2D eigenvalue weighted by molar-refractivity contribution is -0.217. The third-order valence-electron chi connectivity index (χ3n) is 4.56. The Morgan fingerprint density at radius 2 is 1.92 bits per heavy atom. The molecule has 2 fully saturated rings. The van der Waals surface area contributed by atoms with E-state index in [1.165, 1.54) is 12.1 Å². The van der Waals surface area contributed by atoms with Crippen molar-refractivity contribution < 1.29 is 28.4 Å². The molecule has 0 radical (unpaired) electrons. The predicted octanol–water partition coefficient (Wildman–Crippen LogP) is 3.25. The Bertz CT molecular complexity index is 790. The number of phenolic OH excluding ortho intramolecular Hbond substituents is 1. The van der Waals surface area contributed by atoms with Gasteiger partial charge in [-0.2, -0.15) is 0 Å². The van der Waals surface area contributed by atoms with Gasteiger partial charge in [0.2, 0.25) is 0 Å². The molecule has 4 rings (SSSR count). The number of benzene rings is 2. The first kappa shape index (κ1) is 15.8. The topological polar surface area (TPSA) is 57.2 Å². The van der Waals surface area contributed by atoms with Gasteiger partial charge in [0.15, 0.2) is 12.1 Å². The van der Waals surface area contributed by atoms with Gasteiger partial charge in [-0.05, 0) is 49.1 Å². The first-order valence-corrected chi connectivity index (χ1v) is 7.84. The highest BCUT2D eigenvalue weighted by Crippen LogP contribution is 2.46. The fraction of sp³-hybridized carbons (Fsp3) is 0.444. The Morgan fingerprint density at radius 3 is 2.67 bits per heavy atom. The van der Waals surface area contributed by atoms with Crippen molar-refractivity contribution in [3.8, 4) is 5.75 Å². The molecule has 6 heteroatoms. The van der Waals surface area contributed by atoms with Gasteiger partial charge in [-0.25, -0.2) is 4.39 Å². The minimum Gasteiger partial charge on any atom is -0.507 e. The molecule has 2 saturated heterocycles. The van der Waals surface area contributed by atoms with Crippen molar-refractivity contribution >= 4 is 10.8 Å². The predicted molar refractivity (Wildman–Crippen MR) is 84.0 cm³/mol. The van der Waals surface area contributed by atoms with Crippen molar-refractivity contribution in [1.29, 1.82) is 0 Å². The average Bonchev–Trinajstić information content (AvgIpc) is 2.98. The summed E-state index contributed by atoms with van der Waals surface area (Å²) in [6, 6.07) is 7.56. The molecule has 2 aliphatic rings. The van der Waals surface area contributed by atoms with Crippen LogP contribution in [0.4, 0.5) is 4.39 Å². The van der Waals surface area contributed by atoms with Crippen LogP contribution in [0.5, 0.6) is 5.75 Å². The van der Waals surface area contributed by atoms with E-state index >= 15 is 0 Å². The number of hydrogen-bond donors (Lipinski definition) is 1. The molecule has 0 aliphatic carbocycles. The highest BCUT2D eigenvalue weighted by Gasteiger charge is 2.55. The normalized spacial score (nSPS) is 31.5. The second kappa shape index (κ2) is 5.39. The highest BCUT2D eigenvalue weighted by molar-refractivity contribution is 5.91. The summed E-state index contributed by atoms with van der Waals surface area (Å²) in [6.45, 7) is 3.64. The van der Waals surface area contributed by atoms with Gasteiger partial charge >= 0.3 is 0 Å². The first-order chi connectivity index (χ1) is 11.4. The number of halogens is 1. The minimum absolute atomic E-state index is 0.0922. The number of hydrogen-bond acceptors (Lipinski definition) is 5. The van der Waals surface area contributed by atoms with Gasteiger partial charge < -0.3 is 24.1 Å². The Balaban J connectivity index is 1.78. The second-order valence-electron chi connectivity index (χ2n) is 6.59. The maximum Gasteiger partial charge on any atom is 0.190 e. The van der Waals surface area contributed by atoms with Crippen molar-refractivity contribution in [3.63, 3.8) is 0 Å². The number of ether oxygens (including phenoxy) is 4. The van der Waals surface area contributed by atoms with Crippen LogP contribution in [-0.4, -0.2) is 36.5 Å². The van der Waals surface area contributed by atoms with Gasteiger partial charge in [-0.1, -0.05) is 6.07 Å². The van der Waals surface area contributed by atoms with Crippen LogP contribution in [0, 0.1) is 5.82 Å². The van der Waals surface area contributed by atoms with E-state index in [1.54, 1.807) is 25.3 Å². The molecule has 0 amide bonds. The quantitative estimate of drug-likeness (QED) is 0.914. The summed E-state index contributed by atoms with van der Waals surface area (Å²) in [7, 11) is 1.58. The summed E-state index contributed by atoms with van der Waals surface area (Å²) in [5.41, 5.74) is 0.730. The van der Waals surface area contributed by atoms with Gasteiger partial charge in [0.1, 0.15) is 29.9 Å². The molecule has 1 N–H and O–H groups in total. The highest BCUT2D eigenvalue weighted by atomic mass is 19.1. The molecule has 5 nitrogen and oxygen atoms in total. The lowest BCUT2D eigenvalue weighted by Crippen LogP contribution is -2.32. The van der Waals surface area contributed by atoms with E-state index in [1.807, 2.05) is 13.8 Å². The van der Waals surface area contributed by atoms with Crippen molar-refractivity contribution in [3.05, 3.63) is 41.7 Å². The van der Waals surface area contributed by atoms with E-state index < -0.39 is 24.3 Å². The lowest BCUT2D eigenvalue weighted by Gasteiger charge is -2.26. The lowest BCUT2D eigenvalue weighted by atomic mass is 9.96. The van der Waals surface area contributed by atoms with Gasteiger partial charge in [0, 0.05) is 12.5 Å². The van der Waals surface area contributed by atoms with Crippen LogP contribution in [0.2, 0.25) is 0 Å². The molecule has 24 heavy (non-hydrogen) atoms. The van der Waals surface area contributed by atoms with E-state index in [0.29, 0.717) is 10.8 Å². The Labute approximate surface area is 138 Å².